The van der Waals surface area contributed by atoms with Crippen molar-refractivity contribution in [2.45, 2.75) is 6.61 Å². The van der Waals surface area contributed by atoms with Gasteiger partial charge in [0.15, 0.2) is 11.5 Å². The number of ether oxygens (including phenoxy) is 2. The number of anilines is 1. The molecule has 0 saturated carbocycles. The summed E-state index contributed by atoms with van der Waals surface area (Å²) in [4.78, 5) is 26.1. The van der Waals surface area contributed by atoms with E-state index in [0.29, 0.717) is 22.6 Å². The van der Waals surface area contributed by atoms with Gasteiger partial charge >= 0.3 is 6.03 Å². The molecule has 1 aliphatic heterocycles. The number of rotatable bonds is 6. The number of nitrogens with one attached hydrogen (secondary N) is 1. The first-order valence-electron chi connectivity index (χ1n) is 9.64. The molecule has 4 rings (SSSR count). The summed E-state index contributed by atoms with van der Waals surface area (Å²) in [5, 5.41) is 2.78. The first-order valence-corrected chi connectivity index (χ1v) is 10.0. The summed E-state index contributed by atoms with van der Waals surface area (Å²) in [6.45, 7) is -0.0379. The molecule has 3 amide bonds. The number of para-hydroxylation sites is 1. The predicted molar refractivity (Wildman–Crippen MR) is 119 cm³/mol. The molecule has 0 unspecified atom stereocenters. The van der Waals surface area contributed by atoms with E-state index in [-0.39, 0.29) is 28.9 Å². The summed E-state index contributed by atoms with van der Waals surface area (Å²) in [7, 11) is 1.44. The van der Waals surface area contributed by atoms with E-state index in [4.69, 9.17) is 21.1 Å². The van der Waals surface area contributed by atoms with Gasteiger partial charge in [-0.3, -0.25) is 4.79 Å². The normalized spacial score (nSPS) is 14.6. The van der Waals surface area contributed by atoms with Crippen LogP contribution in [0.15, 0.2) is 72.4 Å². The Hall–Kier alpha value is -3.84. The summed E-state index contributed by atoms with van der Waals surface area (Å²) in [6, 6.07) is 17.5. The van der Waals surface area contributed by atoms with Crippen LogP contribution >= 0.6 is 11.6 Å². The van der Waals surface area contributed by atoms with Gasteiger partial charge in [0.1, 0.15) is 18.1 Å². The number of amides is 3. The molecule has 1 N–H and O–H groups in total. The van der Waals surface area contributed by atoms with Crippen LogP contribution in [0.1, 0.15) is 11.1 Å². The lowest BCUT2D eigenvalue weighted by molar-refractivity contribution is -0.113. The standard InChI is InChI=1S/C24H18ClFN2O4/c1-31-21-13-15(11-18(25)22(21)32-14-16-7-5-6-10-19(16)26)12-20-23(29)28(24(30)27-20)17-8-3-2-4-9-17/h2-13H,14H2,1H3,(H,27,30)/b20-12+. The lowest BCUT2D eigenvalue weighted by Gasteiger charge is -2.14. The Bertz CT molecular complexity index is 1210. The number of nitrogens with zero attached hydrogens (tertiary/aromatic N) is 1. The van der Waals surface area contributed by atoms with Crippen molar-refractivity contribution >= 4 is 35.3 Å². The Labute approximate surface area is 188 Å². The summed E-state index contributed by atoms with van der Waals surface area (Å²) >= 11 is 6.38. The molecule has 0 atom stereocenters. The van der Waals surface area contributed by atoms with Crippen molar-refractivity contribution < 1.29 is 23.5 Å². The number of urea groups is 1. The second-order valence-corrected chi connectivity index (χ2v) is 7.29. The van der Waals surface area contributed by atoms with E-state index in [0.717, 1.165) is 4.90 Å². The fourth-order valence-electron chi connectivity index (χ4n) is 3.24. The molecule has 0 aromatic heterocycles. The van der Waals surface area contributed by atoms with Gasteiger partial charge in [-0.2, -0.15) is 0 Å². The molecule has 0 bridgehead atoms. The molecule has 3 aromatic carbocycles. The molecule has 0 aliphatic carbocycles. The third kappa shape index (κ3) is 4.29. The van der Waals surface area contributed by atoms with Gasteiger partial charge in [0.05, 0.1) is 17.8 Å². The zero-order chi connectivity index (χ0) is 22.7. The molecule has 0 radical (unpaired) electrons. The molecular weight excluding hydrogens is 435 g/mol. The molecular formula is C24H18ClFN2O4. The Kier molecular flexibility index (Phi) is 6.09. The SMILES string of the molecule is COc1cc(/C=C2/NC(=O)N(c3ccccc3)C2=O)cc(Cl)c1OCc1ccccc1F. The third-order valence-electron chi connectivity index (χ3n) is 4.79. The molecule has 0 spiro atoms. The quantitative estimate of drug-likeness (QED) is 0.414. The Morgan fingerprint density at radius 3 is 2.50 bits per heavy atom. The number of benzene rings is 3. The molecule has 8 heteroatoms. The van der Waals surface area contributed by atoms with Crippen molar-refractivity contribution in [3.05, 3.63) is 94.4 Å². The van der Waals surface area contributed by atoms with E-state index >= 15 is 0 Å². The summed E-state index contributed by atoms with van der Waals surface area (Å²) in [5.41, 5.74) is 1.45. The van der Waals surface area contributed by atoms with Gasteiger partial charge < -0.3 is 14.8 Å². The highest BCUT2D eigenvalue weighted by atomic mass is 35.5. The van der Waals surface area contributed by atoms with Crippen molar-refractivity contribution in [3.8, 4) is 11.5 Å². The van der Waals surface area contributed by atoms with Crippen molar-refractivity contribution in [3.63, 3.8) is 0 Å². The van der Waals surface area contributed by atoms with E-state index in [1.54, 1.807) is 60.7 Å². The molecule has 162 valence electrons. The van der Waals surface area contributed by atoms with Crippen LogP contribution in [0.5, 0.6) is 11.5 Å². The third-order valence-corrected chi connectivity index (χ3v) is 5.07. The smallest absolute Gasteiger partial charge is 0.333 e. The minimum absolute atomic E-state index is 0.0379. The zero-order valence-corrected chi connectivity index (χ0v) is 17.7. The zero-order valence-electron chi connectivity index (χ0n) is 17.0. The minimum Gasteiger partial charge on any atom is -0.493 e. The van der Waals surface area contributed by atoms with Gasteiger partial charge in [-0.1, -0.05) is 48.0 Å². The van der Waals surface area contributed by atoms with E-state index in [1.165, 1.54) is 19.3 Å². The second-order valence-electron chi connectivity index (χ2n) is 6.88. The Balaban J connectivity index is 1.59. The highest BCUT2D eigenvalue weighted by Gasteiger charge is 2.34. The number of halogens is 2. The molecule has 1 aliphatic rings. The van der Waals surface area contributed by atoms with Gasteiger partial charge in [-0.25, -0.2) is 14.1 Å². The number of hydrogen-bond donors (Lipinski definition) is 1. The Morgan fingerprint density at radius 1 is 1.06 bits per heavy atom. The summed E-state index contributed by atoms with van der Waals surface area (Å²) < 4.78 is 24.9. The van der Waals surface area contributed by atoms with Crippen LogP contribution in [-0.2, 0) is 11.4 Å². The van der Waals surface area contributed by atoms with Crippen molar-refractivity contribution in [2.75, 3.05) is 12.0 Å². The van der Waals surface area contributed by atoms with Crippen LogP contribution in [-0.4, -0.2) is 19.0 Å². The van der Waals surface area contributed by atoms with Gasteiger partial charge in [-0.05, 0) is 42.0 Å². The van der Waals surface area contributed by atoms with Crippen LogP contribution in [0.3, 0.4) is 0 Å². The molecule has 32 heavy (non-hydrogen) atoms. The molecule has 6 nitrogen and oxygen atoms in total. The number of imide groups is 1. The van der Waals surface area contributed by atoms with Crippen LogP contribution in [0, 0.1) is 5.82 Å². The number of carbonyl (C=O) groups is 2. The van der Waals surface area contributed by atoms with Gasteiger partial charge in [0, 0.05) is 5.56 Å². The predicted octanol–water partition coefficient (Wildman–Crippen LogP) is 5.16. The van der Waals surface area contributed by atoms with E-state index in [9.17, 15) is 14.0 Å². The number of hydrogen-bond acceptors (Lipinski definition) is 4. The van der Waals surface area contributed by atoms with E-state index in [2.05, 4.69) is 5.32 Å². The second kappa shape index (κ2) is 9.11. The first-order chi connectivity index (χ1) is 15.5. The lowest BCUT2D eigenvalue weighted by Crippen LogP contribution is -2.30. The largest absolute Gasteiger partial charge is 0.493 e. The maximum atomic E-state index is 13.9. The fraction of sp³-hybridized carbons (Fsp3) is 0.0833. The lowest BCUT2D eigenvalue weighted by atomic mass is 10.1. The topological polar surface area (TPSA) is 67.9 Å². The summed E-state index contributed by atoms with van der Waals surface area (Å²) in [5.74, 6) is -0.330. The van der Waals surface area contributed by atoms with Gasteiger partial charge in [0.2, 0.25) is 0 Å². The van der Waals surface area contributed by atoms with Crippen molar-refractivity contribution in [1.82, 2.24) is 5.32 Å². The Morgan fingerprint density at radius 2 is 1.78 bits per heavy atom. The van der Waals surface area contributed by atoms with Crippen molar-refractivity contribution in [1.29, 1.82) is 0 Å². The minimum atomic E-state index is -0.546. The molecule has 3 aromatic rings. The molecule has 1 saturated heterocycles. The van der Waals surface area contributed by atoms with Gasteiger partial charge in [-0.15, -0.1) is 0 Å². The molecule has 1 heterocycles. The van der Waals surface area contributed by atoms with Crippen LogP contribution in [0.25, 0.3) is 6.08 Å². The van der Waals surface area contributed by atoms with E-state index in [1.807, 2.05) is 0 Å². The van der Waals surface area contributed by atoms with Crippen LogP contribution in [0.2, 0.25) is 5.02 Å². The summed E-state index contributed by atoms with van der Waals surface area (Å²) in [6.07, 6.45) is 1.50. The highest BCUT2D eigenvalue weighted by Crippen LogP contribution is 2.38. The fourth-order valence-corrected chi connectivity index (χ4v) is 3.52. The highest BCUT2D eigenvalue weighted by molar-refractivity contribution is 6.32. The number of carbonyl (C=O) groups excluding carboxylic acids is 2. The van der Waals surface area contributed by atoms with Crippen molar-refractivity contribution in [2.24, 2.45) is 0 Å². The van der Waals surface area contributed by atoms with Crippen LogP contribution < -0.4 is 19.7 Å². The van der Waals surface area contributed by atoms with E-state index < -0.39 is 11.9 Å². The maximum Gasteiger partial charge on any atom is 0.333 e. The number of methoxy groups -OCH3 is 1. The monoisotopic (exact) mass is 452 g/mol. The first kappa shape index (κ1) is 21.4. The van der Waals surface area contributed by atoms with Crippen LogP contribution in [0.4, 0.5) is 14.9 Å². The average Bonchev–Trinajstić information content (AvgIpc) is 3.07. The average molecular weight is 453 g/mol. The molecule has 1 fully saturated rings. The van der Waals surface area contributed by atoms with Gasteiger partial charge in [0.25, 0.3) is 5.91 Å². The maximum absolute atomic E-state index is 13.9.